The van der Waals surface area contributed by atoms with Crippen LogP contribution < -0.4 is 21.3 Å². The van der Waals surface area contributed by atoms with E-state index < -0.39 is 54.3 Å². The average molecular weight is 562 g/mol. The van der Waals surface area contributed by atoms with Crippen molar-refractivity contribution in [1.82, 2.24) is 16.0 Å². The summed E-state index contributed by atoms with van der Waals surface area (Å²) in [6.45, 7) is 0.231. The van der Waals surface area contributed by atoms with Gasteiger partial charge >= 0.3 is 12.1 Å². The number of anilines is 1. The Balaban J connectivity index is 1.74. The first-order valence-electron chi connectivity index (χ1n) is 10.6. The summed E-state index contributed by atoms with van der Waals surface area (Å²) < 4.78 is 40.1. The number of rotatable bonds is 8. The van der Waals surface area contributed by atoms with Gasteiger partial charge in [0.25, 0.3) is 5.91 Å². The van der Waals surface area contributed by atoms with E-state index in [-0.39, 0.29) is 32.8 Å². The minimum Gasteiger partial charge on any atom is -0.506 e. The van der Waals surface area contributed by atoms with Crippen LogP contribution in [0.5, 0.6) is 5.75 Å². The maximum absolute atomic E-state index is 13.4. The lowest BCUT2D eigenvalue weighted by Crippen LogP contribution is -2.39. The van der Waals surface area contributed by atoms with Crippen molar-refractivity contribution in [1.29, 1.82) is 0 Å². The lowest BCUT2D eigenvalue weighted by molar-refractivity contribution is -0.138. The van der Waals surface area contributed by atoms with Crippen molar-refractivity contribution in [2.45, 2.75) is 18.6 Å². The summed E-state index contributed by atoms with van der Waals surface area (Å²) in [5.41, 5.74) is -1.60. The lowest BCUT2D eigenvalue weighted by atomic mass is 10.0. The molecule has 1 unspecified atom stereocenters. The Bertz CT molecular complexity index is 1260. The molecule has 37 heavy (non-hydrogen) atoms. The van der Waals surface area contributed by atoms with Gasteiger partial charge in [0.2, 0.25) is 5.91 Å². The monoisotopic (exact) mass is 561 g/mol. The number of aliphatic imine (C=N–C) groups is 1. The van der Waals surface area contributed by atoms with E-state index in [1.807, 2.05) is 0 Å². The molecule has 0 bridgehead atoms. The number of phenolic OH excluding ortho intramolecular Hbond substituents is 1. The normalized spacial score (nSPS) is 13.8. The zero-order valence-electron chi connectivity index (χ0n) is 18.7. The molecule has 198 valence electrons. The third kappa shape index (κ3) is 7.64. The number of phenols is 1. The molecular formula is C22H20Cl2F3N5O5. The molecule has 0 radical (unpaired) electrons. The molecule has 15 heteroatoms. The molecule has 0 fully saturated rings. The first kappa shape index (κ1) is 27.9. The molecule has 6 N–H and O–H groups in total. The first-order valence-corrected chi connectivity index (χ1v) is 11.3. The number of halogens is 5. The highest BCUT2D eigenvalue weighted by Gasteiger charge is 2.32. The largest absolute Gasteiger partial charge is 0.506 e. The lowest BCUT2D eigenvalue weighted by Gasteiger charge is -2.20. The van der Waals surface area contributed by atoms with Crippen LogP contribution in [0.2, 0.25) is 10.0 Å². The van der Waals surface area contributed by atoms with Crippen LogP contribution in [0.25, 0.3) is 0 Å². The Kier molecular flexibility index (Phi) is 8.71. The zero-order valence-corrected chi connectivity index (χ0v) is 20.3. The maximum Gasteiger partial charge on any atom is 0.416 e. The summed E-state index contributed by atoms with van der Waals surface area (Å²) >= 11 is 11.8. The van der Waals surface area contributed by atoms with Crippen LogP contribution in [0.4, 0.5) is 18.9 Å². The van der Waals surface area contributed by atoms with E-state index >= 15 is 0 Å². The van der Waals surface area contributed by atoms with Gasteiger partial charge in [0.1, 0.15) is 5.75 Å². The second-order valence-corrected chi connectivity index (χ2v) is 8.65. The van der Waals surface area contributed by atoms with Crippen molar-refractivity contribution in [2.24, 2.45) is 4.99 Å². The van der Waals surface area contributed by atoms with Gasteiger partial charge in [-0.05, 0) is 30.3 Å². The van der Waals surface area contributed by atoms with E-state index in [9.17, 15) is 37.8 Å². The summed E-state index contributed by atoms with van der Waals surface area (Å²) in [5.74, 6) is -3.44. The standard InChI is InChI=1S/C22H20Cl2F3N5O5/c23-12-6-14(19(36)15(24)7-12)16(8-18(34)35)32-17(33)9-30-20(37)10-3-11(22(25,26)27)5-13(4-10)31-21-28-1-2-29-21/h3-7,16,36H,1-2,8-9H2,(H,30,37)(H,32,33)(H,34,35)(H2,28,29,31). The number of guanidine groups is 1. The van der Waals surface area contributed by atoms with E-state index in [1.165, 1.54) is 12.1 Å². The summed E-state index contributed by atoms with van der Waals surface area (Å²) in [5, 5.41) is 29.3. The highest BCUT2D eigenvalue weighted by Crippen LogP contribution is 2.36. The van der Waals surface area contributed by atoms with Crippen LogP contribution in [0.15, 0.2) is 35.3 Å². The van der Waals surface area contributed by atoms with Crippen LogP contribution in [-0.4, -0.2) is 53.6 Å². The molecule has 0 spiro atoms. The number of carbonyl (C=O) groups excluding carboxylic acids is 2. The van der Waals surface area contributed by atoms with Gasteiger partial charge in [0, 0.05) is 28.4 Å². The molecule has 1 aliphatic heterocycles. The number of benzene rings is 2. The van der Waals surface area contributed by atoms with Crippen molar-refractivity contribution in [2.75, 3.05) is 25.0 Å². The Morgan fingerprint density at radius 1 is 1.14 bits per heavy atom. The fourth-order valence-corrected chi connectivity index (χ4v) is 3.89. The van der Waals surface area contributed by atoms with Gasteiger partial charge in [-0.3, -0.25) is 19.4 Å². The summed E-state index contributed by atoms with van der Waals surface area (Å²) in [6.07, 6.45) is -5.41. The molecule has 1 atom stereocenters. The fraction of sp³-hybridized carbons (Fsp3) is 0.273. The number of carboxylic acids is 1. The number of carboxylic acid groups (broad SMARTS) is 1. The van der Waals surface area contributed by atoms with Crippen molar-refractivity contribution in [3.8, 4) is 5.75 Å². The van der Waals surface area contributed by atoms with Gasteiger partial charge in [-0.1, -0.05) is 23.2 Å². The Hall–Kier alpha value is -3.71. The number of alkyl halides is 3. The minimum absolute atomic E-state index is 0.0487. The molecule has 2 aromatic carbocycles. The zero-order chi connectivity index (χ0) is 27.3. The van der Waals surface area contributed by atoms with Crippen LogP contribution in [0, 0.1) is 0 Å². The number of aliphatic carboxylic acids is 1. The van der Waals surface area contributed by atoms with E-state index in [0.29, 0.717) is 19.2 Å². The van der Waals surface area contributed by atoms with Crippen LogP contribution in [0.1, 0.15) is 33.9 Å². The van der Waals surface area contributed by atoms with E-state index in [1.54, 1.807) is 0 Å². The molecule has 0 saturated carbocycles. The third-order valence-electron chi connectivity index (χ3n) is 5.02. The second kappa shape index (κ2) is 11.6. The quantitative estimate of drug-likeness (QED) is 0.289. The smallest absolute Gasteiger partial charge is 0.416 e. The maximum atomic E-state index is 13.4. The molecule has 2 amide bonds. The minimum atomic E-state index is -4.75. The number of hydrogen-bond acceptors (Lipinski definition) is 7. The molecule has 0 aromatic heterocycles. The summed E-state index contributed by atoms with van der Waals surface area (Å²) in [6, 6.07) is 3.75. The van der Waals surface area contributed by atoms with Gasteiger partial charge in [-0.15, -0.1) is 0 Å². The molecule has 0 saturated heterocycles. The SMILES string of the molecule is O=C(O)CC(NC(=O)CNC(=O)c1cc(NC2=NCCN2)cc(C(F)(F)F)c1)c1cc(Cl)cc(Cl)c1O. The highest BCUT2D eigenvalue weighted by molar-refractivity contribution is 6.35. The number of amides is 2. The number of hydrogen-bond donors (Lipinski definition) is 6. The summed E-state index contributed by atoms with van der Waals surface area (Å²) in [7, 11) is 0. The summed E-state index contributed by atoms with van der Waals surface area (Å²) in [4.78, 5) is 40.4. The second-order valence-electron chi connectivity index (χ2n) is 7.80. The van der Waals surface area contributed by atoms with Crippen LogP contribution in [-0.2, 0) is 15.8 Å². The molecule has 1 aliphatic rings. The number of nitrogens with one attached hydrogen (secondary N) is 4. The molecular weight excluding hydrogens is 542 g/mol. The predicted octanol–water partition coefficient (Wildman–Crippen LogP) is 3.15. The van der Waals surface area contributed by atoms with E-state index in [2.05, 4.69) is 26.3 Å². The molecule has 3 rings (SSSR count). The van der Waals surface area contributed by atoms with Gasteiger partial charge in [-0.2, -0.15) is 13.2 Å². The predicted molar refractivity (Wildman–Crippen MR) is 129 cm³/mol. The number of aromatic hydroxyl groups is 1. The highest BCUT2D eigenvalue weighted by atomic mass is 35.5. The third-order valence-corrected chi connectivity index (χ3v) is 5.52. The van der Waals surface area contributed by atoms with Crippen LogP contribution >= 0.6 is 23.2 Å². The Morgan fingerprint density at radius 2 is 1.86 bits per heavy atom. The first-order chi connectivity index (χ1) is 17.3. The van der Waals surface area contributed by atoms with Crippen molar-refractivity contribution >= 4 is 52.6 Å². The van der Waals surface area contributed by atoms with Gasteiger partial charge in [0.05, 0.1) is 36.1 Å². The van der Waals surface area contributed by atoms with Gasteiger partial charge < -0.3 is 31.5 Å². The van der Waals surface area contributed by atoms with Crippen molar-refractivity contribution < 1.29 is 37.8 Å². The Labute approximate surface area is 217 Å². The fourth-order valence-electron chi connectivity index (χ4n) is 3.39. The molecule has 10 nitrogen and oxygen atoms in total. The van der Waals surface area contributed by atoms with Crippen molar-refractivity contribution in [3.05, 3.63) is 57.1 Å². The number of nitrogens with zero attached hydrogens (tertiary/aromatic N) is 1. The van der Waals surface area contributed by atoms with E-state index in [4.69, 9.17) is 23.2 Å². The van der Waals surface area contributed by atoms with Crippen molar-refractivity contribution in [3.63, 3.8) is 0 Å². The van der Waals surface area contributed by atoms with Crippen LogP contribution in [0.3, 0.4) is 0 Å². The van der Waals surface area contributed by atoms with E-state index in [0.717, 1.165) is 12.1 Å². The molecule has 1 heterocycles. The average Bonchev–Trinajstić information content (AvgIpc) is 3.31. The molecule has 2 aromatic rings. The van der Waals surface area contributed by atoms with Gasteiger partial charge in [-0.25, -0.2) is 0 Å². The Morgan fingerprint density at radius 3 is 2.49 bits per heavy atom. The number of carbonyl (C=O) groups is 3. The molecule has 0 aliphatic carbocycles. The topological polar surface area (TPSA) is 152 Å². The van der Waals surface area contributed by atoms with Gasteiger partial charge in [0.15, 0.2) is 5.96 Å².